The first-order chi connectivity index (χ1) is 7.95. The molecule has 0 saturated carbocycles. The lowest BCUT2D eigenvalue weighted by atomic mass is 10.5. The quantitative estimate of drug-likeness (QED) is 0.585. The lowest BCUT2D eigenvalue weighted by molar-refractivity contribution is 0.0590. The van der Waals surface area contributed by atoms with Gasteiger partial charge in [0, 0.05) is 13.6 Å². The Bertz CT molecular complexity index is 521. The van der Waals surface area contributed by atoms with Crippen LogP contribution in [0.5, 0.6) is 0 Å². The number of sulfonamides is 1. The SMILES string of the molecule is C=CCN(C)S(=O)(=O)c1scnc1C(=O)OC. The number of carbonyl (C=O) groups is 1. The summed E-state index contributed by atoms with van der Waals surface area (Å²) in [7, 11) is -1.15. The number of methoxy groups -OCH3 is 1. The summed E-state index contributed by atoms with van der Waals surface area (Å²) in [6.45, 7) is 3.61. The monoisotopic (exact) mass is 276 g/mol. The molecular formula is C9H12N2O4S2. The standard InChI is InChI=1S/C9H12N2O4S2/c1-4-5-11(2)17(13,14)9-7(8(12)15-3)10-6-16-9/h4,6H,1,5H2,2-3H3. The molecular weight excluding hydrogens is 264 g/mol. The number of ether oxygens (including phenoxy) is 1. The van der Waals surface area contributed by atoms with Crippen molar-refractivity contribution in [3.05, 3.63) is 23.9 Å². The zero-order valence-electron chi connectivity index (χ0n) is 9.41. The maximum atomic E-state index is 12.1. The van der Waals surface area contributed by atoms with Crippen molar-refractivity contribution in [2.75, 3.05) is 20.7 Å². The first kappa shape index (κ1) is 13.8. The zero-order valence-corrected chi connectivity index (χ0v) is 11.0. The van der Waals surface area contributed by atoms with Crippen LogP contribution in [0.15, 0.2) is 22.4 Å². The summed E-state index contributed by atoms with van der Waals surface area (Å²) in [6.07, 6.45) is 1.45. The van der Waals surface area contributed by atoms with Crippen molar-refractivity contribution in [2.24, 2.45) is 0 Å². The van der Waals surface area contributed by atoms with Crippen molar-refractivity contribution >= 4 is 27.3 Å². The van der Waals surface area contributed by atoms with E-state index in [0.717, 1.165) is 15.6 Å². The molecule has 17 heavy (non-hydrogen) atoms. The lowest BCUT2D eigenvalue weighted by Crippen LogP contribution is -2.27. The fourth-order valence-corrected chi connectivity index (χ4v) is 3.54. The van der Waals surface area contributed by atoms with E-state index in [2.05, 4.69) is 16.3 Å². The molecule has 0 atom stereocenters. The molecule has 0 bridgehead atoms. The van der Waals surface area contributed by atoms with E-state index in [1.807, 2.05) is 0 Å². The molecule has 0 fully saturated rings. The molecule has 0 amide bonds. The molecule has 1 aromatic rings. The van der Waals surface area contributed by atoms with Crippen molar-refractivity contribution < 1.29 is 17.9 Å². The van der Waals surface area contributed by atoms with E-state index >= 15 is 0 Å². The fraction of sp³-hybridized carbons (Fsp3) is 0.333. The van der Waals surface area contributed by atoms with Crippen molar-refractivity contribution in [1.29, 1.82) is 0 Å². The molecule has 0 unspecified atom stereocenters. The van der Waals surface area contributed by atoms with Gasteiger partial charge in [-0.3, -0.25) is 0 Å². The highest BCUT2D eigenvalue weighted by Crippen LogP contribution is 2.23. The average molecular weight is 276 g/mol. The van der Waals surface area contributed by atoms with E-state index in [4.69, 9.17) is 0 Å². The molecule has 0 radical (unpaired) electrons. The Labute approximate surface area is 104 Å². The second-order valence-electron chi connectivity index (χ2n) is 3.05. The van der Waals surface area contributed by atoms with Gasteiger partial charge in [0.05, 0.1) is 12.6 Å². The van der Waals surface area contributed by atoms with Crippen LogP contribution in [0, 0.1) is 0 Å². The highest BCUT2D eigenvalue weighted by atomic mass is 32.2. The van der Waals surface area contributed by atoms with Crippen LogP contribution in [-0.4, -0.2) is 44.4 Å². The molecule has 1 aromatic heterocycles. The molecule has 0 aliphatic carbocycles. The molecule has 8 heteroatoms. The molecule has 0 spiro atoms. The summed E-state index contributed by atoms with van der Waals surface area (Å²) in [5.41, 5.74) is 1.11. The summed E-state index contributed by atoms with van der Waals surface area (Å²) in [5.74, 6) is -0.767. The Kier molecular flexibility index (Phi) is 4.38. The molecule has 0 aliphatic rings. The van der Waals surface area contributed by atoms with Gasteiger partial charge in [-0.15, -0.1) is 17.9 Å². The van der Waals surface area contributed by atoms with E-state index < -0.39 is 16.0 Å². The first-order valence-electron chi connectivity index (χ1n) is 4.54. The predicted molar refractivity (Wildman–Crippen MR) is 63.5 cm³/mol. The van der Waals surface area contributed by atoms with Gasteiger partial charge in [-0.05, 0) is 0 Å². The highest BCUT2D eigenvalue weighted by Gasteiger charge is 2.29. The topological polar surface area (TPSA) is 76.6 Å². The smallest absolute Gasteiger partial charge is 0.358 e. The Morgan fingerprint density at radius 2 is 2.35 bits per heavy atom. The number of likely N-dealkylation sites (N-methyl/N-ethyl adjacent to an activating group) is 1. The van der Waals surface area contributed by atoms with Crippen molar-refractivity contribution in [3.63, 3.8) is 0 Å². The minimum absolute atomic E-state index is 0.117. The molecule has 0 aliphatic heterocycles. The van der Waals surface area contributed by atoms with Gasteiger partial charge in [0.15, 0.2) is 9.90 Å². The van der Waals surface area contributed by atoms with Crippen LogP contribution in [0.4, 0.5) is 0 Å². The second-order valence-corrected chi connectivity index (χ2v) is 6.15. The minimum Gasteiger partial charge on any atom is -0.464 e. The van der Waals surface area contributed by atoms with Crippen LogP contribution in [0.3, 0.4) is 0 Å². The Morgan fingerprint density at radius 3 is 2.88 bits per heavy atom. The summed E-state index contributed by atoms with van der Waals surface area (Å²) in [6, 6.07) is 0. The van der Waals surface area contributed by atoms with Crippen LogP contribution < -0.4 is 0 Å². The van der Waals surface area contributed by atoms with E-state index in [9.17, 15) is 13.2 Å². The van der Waals surface area contributed by atoms with Crippen molar-refractivity contribution in [2.45, 2.75) is 4.21 Å². The number of rotatable bonds is 5. The molecule has 1 heterocycles. The molecule has 1 rings (SSSR count). The molecule has 0 N–H and O–H groups in total. The maximum Gasteiger partial charge on any atom is 0.358 e. The largest absolute Gasteiger partial charge is 0.464 e. The van der Waals surface area contributed by atoms with Crippen LogP contribution in [0.1, 0.15) is 10.5 Å². The number of nitrogens with zero attached hydrogens (tertiary/aromatic N) is 2. The van der Waals surface area contributed by atoms with E-state index in [1.165, 1.54) is 25.7 Å². The minimum atomic E-state index is -3.73. The van der Waals surface area contributed by atoms with Gasteiger partial charge >= 0.3 is 5.97 Å². The Balaban J connectivity index is 3.20. The zero-order chi connectivity index (χ0) is 13.1. The van der Waals surface area contributed by atoms with Gasteiger partial charge in [-0.2, -0.15) is 4.31 Å². The Hall–Kier alpha value is -1.25. The Morgan fingerprint density at radius 1 is 1.71 bits per heavy atom. The van der Waals surface area contributed by atoms with E-state index in [0.29, 0.717) is 0 Å². The third kappa shape index (κ3) is 2.71. The molecule has 94 valence electrons. The molecule has 6 nitrogen and oxygen atoms in total. The summed E-state index contributed by atoms with van der Waals surface area (Å²) < 4.78 is 29.6. The first-order valence-corrected chi connectivity index (χ1v) is 6.86. The molecule has 0 aromatic carbocycles. The van der Waals surface area contributed by atoms with Gasteiger partial charge < -0.3 is 4.74 Å². The van der Waals surface area contributed by atoms with E-state index in [-0.39, 0.29) is 16.4 Å². The van der Waals surface area contributed by atoms with Crippen LogP contribution in [-0.2, 0) is 14.8 Å². The van der Waals surface area contributed by atoms with Crippen LogP contribution >= 0.6 is 11.3 Å². The number of carbonyl (C=O) groups excluding carboxylic acids is 1. The van der Waals surface area contributed by atoms with Crippen LogP contribution in [0.25, 0.3) is 0 Å². The third-order valence-corrected chi connectivity index (χ3v) is 5.11. The number of thiazole rings is 1. The third-order valence-electron chi connectivity index (χ3n) is 1.94. The van der Waals surface area contributed by atoms with Gasteiger partial charge in [0.2, 0.25) is 0 Å². The van der Waals surface area contributed by atoms with Gasteiger partial charge in [0.1, 0.15) is 0 Å². The van der Waals surface area contributed by atoms with Crippen LogP contribution in [0.2, 0.25) is 0 Å². The number of hydrogen-bond acceptors (Lipinski definition) is 6. The average Bonchev–Trinajstić information content (AvgIpc) is 2.77. The van der Waals surface area contributed by atoms with Gasteiger partial charge in [0.25, 0.3) is 10.0 Å². The number of hydrogen-bond donors (Lipinski definition) is 0. The van der Waals surface area contributed by atoms with Gasteiger partial charge in [-0.25, -0.2) is 18.2 Å². The second kappa shape index (κ2) is 5.39. The van der Waals surface area contributed by atoms with Crippen molar-refractivity contribution in [1.82, 2.24) is 9.29 Å². The van der Waals surface area contributed by atoms with Gasteiger partial charge in [-0.1, -0.05) is 6.08 Å². The number of esters is 1. The molecule has 0 saturated heterocycles. The predicted octanol–water partition coefficient (Wildman–Crippen LogP) is 0.736. The van der Waals surface area contributed by atoms with E-state index in [1.54, 1.807) is 0 Å². The summed E-state index contributed by atoms with van der Waals surface area (Å²) in [5, 5.41) is 0. The lowest BCUT2D eigenvalue weighted by Gasteiger charge is -2.13. The summed E-state index contributed by atoms with van der Waals surface area (Å²) >= 11 is 0.879. The summed E-state index contributed by atoms with van der Waals surface area (Å²) in [4.78, 5) is 15.0. The normalized spacial score (nSPS) is 11.5. The maximum absolute atomic E-state index is 12.1. The van der Waals surface area contributed by atoms with Crippen molar-refractivity contribution in [3.8, 4) is 0 Å². The number of aromatic nitrogens is 1. The fourth-order valence-electron chi connectivity index (χ4n) is 1.07. The highest BCUT2D eigenvalue weighted by molar-refractivity contribution is 7.91.